The van der Waals surface area contributed by atoms with Gasteiger partial charge in [-0.25, -0.2) is 0 Å². The molecule has 2 rings (SSSR count). The van der Waals surface area contributed by atoms with Crippen molar-refractivity contribution in [3.63, 3.8) is 0 Å². The number of guanidine groups is 1. The maximum absolute atomic E-state index is 5.48. The second-order valence-corrected chi connectivity index (χ2v) is 6.62. The first-order valence-corrected chi connectivity index (χ1v) is 9.31. The van der Waals surface area contributed by atoms with Crippen LogP contribution in [0.3, 0.4) is 0 Å². The van der Waals surface area contributed by atoms with Crippen LogP contribution in [0.15, 0.2) is 35.3 Å². The molecular weight excluding hydrogens is 481 g/mol. The van der Waals surface area contributed by atoms with Crippen molar-refractivity contribution in [2.45, 2.75) is 26.8 Å². The van der Waals surface area contributed by atoms with E-state index in [-0.39, 0.29) is 24.0 Å². The fraction of sp³-hybridized carbons (Fsp3) is 0.409. The summed E-state index contributed by atoms with van der Waals surface area (Å²) in [7, 11) is 6.63. The minimum atomic E-state index is 0. The van der Waals surface area contributed by atoms with Gasteiger partial charge in [-0.05, 0) is 31.9 Å². The summed E-state index contributed by atoms with van der Waals surface area (Å²) in [5.41, 5.74) is 4.86. The van der Waals surface area contributed by atoms with Crippen LogP contribution in [0.25, 0.3) is 0 Å². The summed E-state index contributed by atoms with van der Waals surface area (Å²) in [6.45, 7) is 5.60. The highest BCUT2D eigenvalue weighted by atomic mass is 127. The quantitative estimate of drug-likeness (QED) is 0.319. The van der Waals surface area contributed by atoms with Gasteiger partial charge in [-0.3, -0.25) is 4.99 Å². The highest BCUT2D eigenvalue weighted by Crippen LogP contribution is 2.34. The molecule has 0 saturated heterocycles. The fourth-order valence-electron chi connectivity index (χ4n) is 3.17. The Labute approximate surface area is 191 Å². The van der Waals surface area contributed by atoms with Gasteiger partial charge in [0, 0.05) is 31.8 Å². The minimum absolute atomic E-state index is 0. The number of ether oxygens (including phenoxy) is 3. The van der Waals surface area contributed by atoms with Crippen LogP contribution in [0, 0.1) is 13.8 Å². The van der Waals surface area contributed by atoms with Crippen LogP contribution in [-0.2, 0) is 13.0 Å². The number of hydrogen-bond donors (Lipinski definition) is 2. The fourth-order valence-corrected chi connectivity index (χ4v) is 3.17. The Morgan fingerprint density at radius 1 is 0.828 bits per heavy atom. The first kappa shape index (κ1) is 24.9. The molecule has 0 aliphatic heterocycles. The Balaban J connectivity index is 0.00000420. The molecule has 0 aromatic heterocycles. The standard InChI is InChI=1S/C22H31N3O3.HI/c1-15-9-16(2)11-17(10-15)7-8-24-22(23-3)25-14-18-12-20(27-5)21(28-6)13-19(18)26-4;/h9-13H,7-8,14H2,1-6H3,(H2,23,24,25);1H. The Morgan fingerprint density at radius 2 is 1.41 bits per heavy atom. The normalized spacial score (nSPS) is 10.8. The predicted molar refractivity (Wildman–Crippen MR) is 129 cm³/mol. The summed E-state index contributed by atoms with van der Waals surface area (Å²) >= 11 is 0. The number of benzene rings is 2. The Bertz CT molecular complexity index is 805. The van der Waals surface area contributed by atoms with E-state index in [2.05, 4.69) is 47.7 Å². The third-order valence-corrected chi connectivity index (χ3v) is 4.44. The zero-order valence-corrected chi connectivity index (χ0v) is 20.4. The number of methoxy groups -OCH3 is 3. The Kier molecular flexibility index (Phi) is 10.6. The van der Waals surface area contributed by atoms with Crippen molar-refractivity contribution < 1.29 is 14.2 Å². The zero-order valence-electron chi connectivity index (χ0n) is 18.1. The lowest BCUT2D eigenvalue weighted by molar-refractivity contribution is 0.347. The molecule has 0 aliphatic carbocycles. The van der Waals surface area contributed by atoms with E-state index in [1.54, 1.807) is 28.4 Å². The SMILES string of the molecule is CN=C(NCCc1cc(C)cc(C)c1)NCc1cc(OC)c(OC)cc1OC.I. The molecule has 160 valence electrons. The maximum Gasteiger partial charge on any atom is 0.191 e. The monoisotopic (exact) mass is 513 g/mol. The van der Waals surface area contributed by atoms with Crippen LogP contribution in [0.5, 0.6) is 17.2 Å². The molecule has 0 atom stereocenters. The van der Waals surface area contributed by atoms with Gasteiger partial charge in [0.25, 0.3) is 0 Å². The van der Waals surface area contributed by atoms with Crippen LogP contribution in [0.1, 0.15) is 22.3 Å². The zero-order chi connectivity index (χ0) is 20.5. The van der Waals surface area contributed by atoms with E-state index in [1.807, 2.05) is 12.1 Å². The van der Waals surface area contributed by atoms with Crippen LogP contribution in [-0.4, -0.2) is 40.9 Å². The first-order chi connectivity index (χ1) is 13.5. The first-order valence-electron chi connectivity index (χ1n) is 9.31. The Morgan fingerprint density at radius 3 is 1.97 bits per heavy atom. The van der Waals surface area contributed by atoms with Gasteiger partial charge in [-0.15, -0.1) is 24.0 Å². The van der Waals surface area contributed by atoms with Crippen molar-refractivity contribution in [1.29, 1.82) is 0 Å². The highest BCUT2D eigenvalue weighted by Gasteiger charge is 2.12. The van der Waals surface area contributed by atoms with Crippen molar-refractivity contribution in [3.05, 3.63) is 52.6 Å². The number of nitrogens with zero attached hydrogens (tertiary/aromatic N) is 1. The number of nitrogens with one attached hydrogen (secondary N) is 2. The lowest BCUT2D eigenvalue weighted by Crippen LogP contribution is -2.37. The number of aliphatic imine (C=N–C) groups is 1. The molecule has 7 heteroatoms. The van der Waals surface area contributed by atoms with E-state index >= 15 is 0 Å². The molecule has 0 radical (unpaired) electrons. The molecule has 2 aromatic rings. The molecule has 2 N–H and O–H groups in total. The summed E-state index contributed by atoms with van der Waals surface area (Å²) in [6.07, 6.45) is 0.933. The number of hydrogen-bond acceptors (Lipinski definition) is 4. The van der Waals surface area contributed by atoms with Gasteiger partial charge in [-0.2, -0.15) is 0 Å². The topological polar surface area (TPSA) is 64.1 Å². The van der Waals surface area contributed by atoms with Crippen molar-refractivity contribution in [1.82, 2.24) is 10.6 Å². The van der Waals surface area contributed by atoms with Crippen LogP contribution in [0.4, 0.5) is 0 Å². The van der Waals surface area contributed by atoms with E-state index in [4.69, 9.17) is 14.2 Å². The minimum Gasteiger partial charge on any atom is -0.496 e. The number of rotatable bonds is 8. The average molecular weight is 513 g/mol. The summed E-state index contributed by atoms with van der Waals surface area (Å²) in [4.78, 5) is 4.30. The van der Waals surface area contributed by atoms with E-state index in [0.717, 1.165) is 30.2 Å². The summed E-state index contributed by atoms with van der Waals surface area (Å²) in [5, 5.41) is 6.68. The average Bonchev–Trinajstić information content (AvgIpc) is 2.69. The van der Waals surface area contributed by atoms with Crippen LogP contribution >= 0.6 is 24.0 Å². The van der Waals surface area contributed by atoms with Gasteiger partial charge in [0.05, 0.1) is 21.3 Å². The largest absolute Gasteiger partial charge is 0.496 e. The molecular formula is C22H32IN3O3. The van der Waals surface area contributed by atoms with Gasteiger partial charge in [0.2, 0.25) is 0 Å². The van der Waals surface area contributed by atoms with Crippen LogP contribution < -0.4 is 24.8 Å². The lowest BCUT2D eigenvalue weighted by atomic mass is 10.1. The number of halogens is 1. The lowest BCUT2D eigenvalue weighted by Gasteiger charge is -2.16. The molecule has 0 spiro atoms. The summed E-state index contributed by atoms with van der Waals surface area (Å²) in [6, 6.07) is 10.4. The molecule has 6 nitrogen and oxygen atoms in total. The van der Waals surface area contributed by atoms with E-state index in [0.29, 0.717) is 18.0 Å². The van der Waals surface area contributed by atoms with Gasteiger partial charge in [0.15, 0.2) is 17.5 Å². The van der Waals surface area contributed by atoms with Gasteiger partial charge in [-0.1, -0.05) is 29.3 Å². The van der Waals surface area contributed by atoms with Crippen molar-refractivity contribution in [2.75, 3.05) is 34.9 Å². The second kappa shape index (κ2) is 12.4. The molecule has 0 unspecified atom stereocenters. The second-order valence-electron chi connectivity index (χ2n) is 6.62. The molecule has 0 heterocycles. The van der Waals surface area contributed by atoms with E-state index in [1.165, 1.54) is 16.7 Å². The smallest absolute Gasteiger partial charge is 0.191 e. The Hall–Kier alpha value is -2.16. The third kappa shape index (κ3) is 7.30. The molecule has 2 aromatic carbocycles. The molecule has 0 aliphatic rings. The van der Waals surface area contributed by atoms with Gasteiger partial charge < -0.3 is 24.8 Å². The van der Waals surface area contributed by atoms with Crippen molar-refractivity contribution >= 4 is 29.9 Å². The van der Waals surface area contributed by atoms with E-state index in [9.17, 15) is 0 Å². The molecule has 0 fully saturated rings. The third-order valence-electron chi connectivity index (χ3n) is 4.44. The molecule has 29 heavy (non-hydrogen) atoms. The van der Waals surface area contributed by atoms with Gasteiger partial charge >= 0.3 is 0 Å². The van der Waals surface area contributed by atoms with E-state index < -0.39 is 0 Å². The highest BCUT2D eigenvalue weighted by molar-refractivity contribution is 14.0. The van der Waals surface area contributed by atoms with Crippen molar-refractivity contribution in [2.24, 2.45) is 4.99 Å². The maximum atomic E-state index is 5.48. The summed E-state index contributed by atoms with van der Waals surface area (Å²) in [5.74, 6) is 2.77. The predicted octanol–water partition coefficient (Wildman–Crippen LogP) is 3.85. The molecule has 0 saturated carbocycles. The molecule has 0 amide bonds. The summed E-state index contributed by atoms with van der Waals surface area (Å²) < 4.78 is 16.2. The molecule has 0 bridgehead atoms. The van der Waals surface area contributed by atoms with Crippen LogP contribution in [0.2, 0.25) is 0 Å². The number of aryl methyl sites for hydroxylation is 2. The van der Waals surface area contributed by atoms with Crippen molar-refractivity contribution in [3.8, 4) is 17.2 Å². The van der Waals surface area contributed by atoms with Gasteiger partial charge in [0.1, 0.15) is 5.75 Å².